The summed E-state index contributed by atoms with van der Waals surface area (Å²) in [6.07, 6.45) is -4.54. The maximum atomic E-state index is 13.9. The van der Waals surface area contributed by atoms with E-state index in [1.54, 1.807) is 0 Å². The predicted molar refractivity (Wildman–Crippen MR) is 72.6 cm³/mol. The standard InChI is InChI=1S/C13H13F4N3S/c1-7(2)6-20-11(18-19-12(20)21)9-5-8(13(15,16)17)3-4-10(9)14/h3-5,7H,6H2,1-2H3,(H,19,21). The molecule has 0 fully saturated rings. The van der Waals surface area contributed by atoms with Gasteiger partial charge in [0.2, 0.25) is 0 Å². The van der Waals surface area contributed by atoms with E-state index in [2.05, 4.69) is 10.2 Å². The van der Waals surface area contributed by atoms with Crippen LogP contribution in [0.3, 0.4) is 0 Å². The molecule has 2 aromatic rings. The average molecular weight is 319 g/mol. The third kappa shape index (κ3) is 3.31. The van der Waals surface area contributed by atoms with Crippen molar-refractivity contribution in [1.82, 2.24) is 14.8 Å². The molecule has 1 aromatic carbocycles. The van der Waals surface area contributed by atoms with E-state index in [9.17, 15) is 17.6 Å². The van der Waals surface area contributed by atoms with Crippen LogP contribution in [0.1, 0.15) is 19.4 Å². The molecule has 1 aromatic heterocycles. The van der Waals surface area contributed by atoms with Gasteiger partial charge in [0.1, 0.15) is 5.82 Å². The highest BCUT2D eigenvalue weighted by atomic mass is 32.1. The smallest absolute Gasteiger partial charge is 0.300 e. The van der Waals surface area contributed by atoms with Crippen LogP contribution in [0.25, 0.3) is 11.4 Å². The second kappa shape index (κ2) is 5.59. The molecule has 0 atom stereocenters. The zero-order valence-electron chi connectivity index (χ0n) is 11.3. The van der Waals surface area contributed by atoms with Gasteiger partial charge < -0.3 is 0 Å². The van der Waals surface area contributed by atoms with Crippen LogP contribution in [0.2, 0.25) is 0 Å². The molecule has 0 unspecified atom stereocenters. The molecular formula is C13H13F4N3S. The lowest BCUT2D eigenvalue weighted by molar-refractivity contribution is -0.137. The first-order chi connectivity index (χ1) is 9.70. The first-order valence-electron chi connectivity index (χ1n) is 6.22. The maximum Gasteiger partial charge on any atom is 0.416 e. The lowest BCUT2D eigenvalue weighted by Gasteiger charge is -2.12. The van der Waals surface area contributed by atoms with Gasteiger partial charge in [-0.25, -0.2) is 4.39 Å². The SMILES string of the molecule is CC(C)Cn1c(-c2cc(C(F)(F)F)ccc2F)n[nH]c1=S. The fraction of sp³-hybridized carbons (Fsp3) is 0.385. The van der Waals surface area contributed by atoms with Crippen LogP contribution in [0.5, 0.6) is 0 Å². The molecule has 21 heavy (non-hydrogen) atoms. The number of H-pyrrole nitrogens is 1. The van der Waals surface area contributed by atoms with E-state index in [4.69, 9.17) is 12.2 Å². The largest absolute Gasteiger partial charge is 0.416 e. The van der Waals surface area contributed by atoms with Crippen LogP contribution in [-0.2, 0) is 12.7 Å². The monoisotopic (exact) mass is 319 g/mol. The number of nitrogens with zero attached hydrogens (tertiary/aromatic N) is 2. The molecule has 0 amide bonds. The maximum absolute atomic E-state index is 13.9. The molecule has 0 aliphatic carbocycles. The molecule has 0 aliphatic rings. The number of aromatic amines is 1. The number of aromatic nitrogens is 3. The predicted octanol–water partition coefficient (Wildman–Crippen LogP) is 4.42. The fourth-order valence-electron chi connectivity index (χ4n) is 1.93. The molecule has 114 valence electrons. The van der Waals surface area contributed by atoms with Crippen molar-refractivity contribution in [2.45, 2.75) is 26.6 Å². The summed E-state index contributed by atoms with van der Waals surface area (Å²) in [6.45, 7) is 4.27. The Balaban J connectivity index is 2.59. The van der Waals surface area contributed by atoms with Gasteiger partial charge in [0.05, 0.1) is 11.1 Å². The van der Waals surface area contributed by atoms with E-state index in [-0.39, 0.29) is 22.1 Å². The number of nitrogens with one attached hydrogen (secondary N) is 1. The average Bonchev–Trinajstić information content (AvgIpc) is 2.70. The van der Waals surface area contributed by atoms with Crippen molar-refractivity contribution in [3.63, 3.8) is 0 Å². The quantitative estimate of drug-likeness (QED) is 0.671. The van der Waals surface area contributed by atoms with Crippen molar-refractivity contribution in [2.75, 3.05) is 0 Å². The second-order valence-corrected chi connectivity index (χ2v) is 5.44. The van der Waals surface area contributed by atoms with E-state index in [1.165, 1.54) is 4.57 Å². The number of benzene rings is 1. The van der Waals surface area contributed by atoms with E-state index in [0.29, 0.717) is 12.6 Å². The van der Waals surface area contributed by atoms with E-state index in [1.807, 2.05) is 13.8 Å². The Bertz CT molecular complexity index is 700. The minimum atomic E-state index is -4.54. The first-order valence-corrected chi connectivity index (χ1v) is 6.63. The van der Waals surface area contributed by atoms with Crippen LogP contribution in [0, 0.1) is 16.5 Å². The fourth-order valence-corrected chi connectivity index (χ4v) is 2.14. The number of halogens is 4. The molecule has 0 radical (unpaired) electrons. The number of alkyl halides is 3. The molecule has 0 saturated heterocycles. The minimum absolute atomic E-state index is 0.0669. The summed E-state index contributed by atoms with van der Waals surface area (Å²) < 4.78 is 53.9. The van der Waals surface area contributed by atoms with Crippen molar-refractivity contribution in [2.24, 2.45) is 5.92 Å². The molecule has 1 N–H and O–H groups in total. The third-order valence-corrected chi connectivity index (χ3v) is 3.15. The highest BCUT2D eigenvalue weighted by Gasteiger charge is 2.31. The van der Waals surface area contributed by atoms with Gasteiger partial charge in [0.25, 0.3) is 0 Å². The van der Waals surface area contributed by atoms with Crippen LogP contribution in [-0.4, -0.2) is 14.8 Å². The summed E-state index contributed by atoms with van der Waals surface area (Å²) in [6, 6.07) is 2.24. The molecule has 2 rings (SSSR count). The topological polar surface area (TPSA) is 33.6 Å². The molecular weight excluding hydrogens is 306 g/mol. The summed E-state index contributed by atoms with van der Waals surface area (Å²) in [5.41, 5.74) is -1.15. The molecule has 3 nitrogen and oxygen atoms in total. The third-order valence-electron chi connectivity index (χ3n) is 2.84. The van der Waals surface area contributed by atoms with Gasteiger partial charge in [-0.15, -0.1) is 0 Å². The Labute approximate surface area is 123 Å². The zero-order valence-corrected chi connectivity index (χ0v) is 12.1. The normalized spacial score (nSPS) is 12.1. The Kier molecular flexibility index (Phi) is 4.18. The Morgan fingerprint density at radius 3 is 2.57 bits per heavy atom. The summed E-state index contributed by atoms with van der Waals surface area (Å²) >= 11 is 5.04. The summed E-state index contributed by atoms with van der Waals surface area (Å²) in [4.78, 5) is 0. The van der Waals surface area contributed by atoms with Gasteiger partial charge >= 0.3 is 6.18 Å². The Morgan fingerprint density at radius 2 is 2.00 bits per heavy atom. The second-order valence-electron chi connectivity index (χ2n) is 5.05. The molecule has 0 aliphatic heterocycles. The van der Waals surface area contributed by atoms with Gasteiger partial charge in [-0.1, -0.05) is 13.8 Å². The van der Waals surface area contributed by atoms with Crippen molar-refractivity contribution in [3.8, 4) is 11.4 Å². The van der Waals surface area contributed by atoms with Crippen LogP contribution < -0.4 is 0 Å². The summed E-state index contributed by atoms with van der Waals surface area (Å²) in [5, 5.41) is 6.36. The highest BCUT2D eigenvalue weighted by Crippen LogP contribution is 2.33. The number of hydrogen-bond acceptors (Lipinski definition) is 2. The number of hydrogen-bond donors (Lipinski definition) is 1. The van der Waals surface area contributed by atoms with Crippen molar-refractivity contribution < 1.29 is 17.6 Å². The van der Waals surface area contributed by atoms with Crippen molar-refractivity contribution in [3.05, 3.63) is 34.4 Å². The van der Waals surface area contributed by atoms with Gasteiger partial charge in [-0.05, 0) is 36.3 Å². The minimum Gasteiger partial charge on any atom is -0.300 e. The van der Waals surface area contributed by atoms with E-state index < -0.39 is 17.6 Å². The molecule has 0 bridgehead atoms. The number of rotatable bonds is 3. The molecule has 0 saturated carbocycles. The van der Waals surface area contributed by atoms with Crippen LogP contribution in [0.15, 0.2) is 18.2 Å². The van der Waals surface area contributed by atoms with Crippen LogP contribution in [0.4, 0.5) is 17.6 Å². The lowest BCUT2D eigenvalue weighted by Crippen LogP contribution is -2.09. The zero-order chi connectivity index (χ0) is 15.8. The molecule has 1 heterocycles. The summed E-state index contributed by atoms with van der Waals surface area (Å²) in [7, 11) is 0. The Hall–Kier alpha value is -1.70. The van der Waals surface area contributed by atoms with Gasteiger partial charge in [0, 0.05) is 6.54 Å². The molecule has 0 spiro atoms. The van der Waals surface area contributed by atoms with Gasteiger partial charge in [-0.3, -0.25) is 9.67 Å². The van der Waals surface area contributed by atoms with Gasteiger partial charge in [-0.2, -0.15) is 18.3 Å². The Morgan fingerprint density at radius 1 is 1.33 bits per heavy atom. The molecule has 8 heteroatoms. The highest BCUT2D eigenvalue weighted by molar-refractivity contribution is 7.71. The van der Waals surface area contributed by atoms with Crippen molar-refractivity contribution in [1.29, 1.82) is 0 Å². The van der Waals surface area contributed by atoms with Crippen LogP contribution >= 0.6 is 12.2 Å². The summed E-state index contributed by atoms with van der Waals surface area (Å²) in [5.74, 6) is -0.527. The van der Waals surface area contributed by atoms with E-state index >= 15 is 0 Å². The van der Waals surface area contributed by atoms with E-state index in [0.717, 1.165) is 12.1 Å². The van der Waals surface area contributed by atoms with Crippen molar-refractivity contribution >= 4 is 12.2 Å². The first kappa shape index (κ1) is 15.7. The lowest BCUT2D eigenvalue weighted by atomic mass is 10.1. The van der Waals surface area contributed by atoms with Gasteiger partial charge in [0.15, 0.2) is 10.6 Å².